The zero-order valence-corrected chi connectivity index (χ0v) is 27.9. The average Bonchev–Trinajstić information content (AvgIpc) is 3.28. The van der Waals surface area contributed by atoms with Crippen molar-refractivity contribution in [1.82, 2.24) is 14.7 Å². The van der Waals surface area contributed by atoms with E-state index in [9.17, 15) is 13.2 Å². The standard InChI is InChI=1S/C22H29N6.C7H5F3.CH3NO.K/c1-15-5-6-16(2)18(13-15)7-8-19-20(21(23)24)22(25-3)28(26-19)14-17-9-11-27(4)12-10-17;8-7(9,10)6-4-2-1-3-5-6;2-1-3;/h5-6,13,17H,9-12,14H2,1-4H3,(H3,23,24);1-5H;1H,(H2,2,3);/q-1;;;+1. The normalized spacial score (nSPS) is 13.1. The van der Waals surface area contributed by atoms with Crippen LogP contribution in [0.15, 0.2) is 48.5 Å². The van der Waals surface area contributed by atoms with E-state index in [1.165, 1.54) is 17.7 Å². The number of piperidine rings is 1. The fourth-order valence-corrected chi connectivity index (χ4v) is 4.26. The maximum Gasteiger partial charge on any atom is 1.00 e. The number of nitrogens with zero attached hydrogens (tertiary/aromatic N) is 4. The van der Waals surface area contributed by atoms with Crippen LogP contribution in [-0.4, -0.2) is 54.1 Å². The maximum absolute atomic E-state index is 11.8. The Kier molecular flexibility index (Phi) is 16.1. The predicted molar refractivity (Wildman–Crippen MR) is 156 cm³/mol. The summed E-state index contributed by atoms with van der Waals surface area (Å²) >= 11 is 0. The van der Waals surface area contributed by atoms with Crippen molar-refractivity contribution in [2.45, 2.75) is 39.4 Å². The summed E-state index contributed by atoms with van der Waals surface area (Å²) in [6.07, 6.45) is -1.68. The third kappa shape index (κ3) is 11.5. The van der Waals surface area contributed by atoms with Gasteiger partial charge in [0, 0.05) is 5.56 Å². The number of nitrogen functional groups attached to an aromatic ring is 1. The number of hydrogen-bond acceptors (Lipinski definition) is 4. The number of carbonyl (C=O) groups excluding carboxylic acids is 1. The topological polar surface area (TPSA) is 128 Å². The van der Waals surface area contributed by atoms with Crippen LogP contribution in [0.1, 0.15) is 46.4 Å². The number of alkyl halides is 3. The Morgan fingerprint density at radius 3 is 2.24 bits per heavy atom. The van der Waals surface area contributed by atoms with Crippen LogP contribution in [-0.2, 0) is 17.5 Å². The molecule has 1 fully saturated rings. The summed E-state index contributed by atoms with van der Waals surface area (Å²) in [5.74, 6) is 7.52. The third-order valence-electron chi connectivity index (χ3n) is 6.49. The van der Waals surface area contributed by atoms with Crippen molar-refractivity contribution in [2.75, 3.05) is 27.2 Å². The molecule has 0 bridgehead atoms. The quantitative estimate of drug-likeness (QED) is 0.138. The van der Waals surface area contributed by atoms with Crippen molar-refractivity contribution in [1.29, 1.82) is 5.41 Å². The van der Waals surface area contributed by atoms with Crippen molar-refractivity contribution in [3.05, 3.63) is 87.4 Å². The average molecular weight is 608 g/mol. The van der Waals surface area contributed by atoms with E-state index in [-0.39, 0.29) is 63.6 Å². The molecule has 1 aliphatic rings. The van der Waals surface area contributed by atoms with Gasteiger partial charge in [-0.15, -0.1) is 0 Å². The van der Waals surface area contributed by atoms with E-state index in [1.54, 1.807) is 13.1 Å². The van der Waals surface area contributed by atoms with E-state index in [0.29, 0.717) is 23.0 Å². The smallest absolute Gasteiger partial charge is 0.467 e. The predicted octanol–water partition coefficient (Wildman–Crippen LogP) is 1.97. The molecule has 0 spiro atoms. The van der Waals surface area contributed by atoms with E-state index in [4.69, 9.17) is 21.0 Å². The second-order valence-electron chi connectivity index (χ2n) is 9.68. The van der Waals surface area contributed by atoms with Gasteiger partial charge < -0.3 is 26.4 Å². The maximum atomic E-state index is 11.8. The molecule has 12 heteroatoms. The first kappa shape index (κ1) is 37.4. The number of halogens is 3. The van der Waals surface area contributed by atoms with Crippen LogP contribution in [0.5, 0.6) is 0 Å². The molecule has 3 aromatic rings. The molecule has 1 aliphatic heterocycles. The molecule has 1 aromatic heterocycles. The molecule has 2 heterocycles. The van der Waals surface area contributed by atoms with Gasteiger partial charge in [-0.2, -0.15) is 13.2 Å². The minimum Gasteiger partial charge on any atom is -0.467 e. The zero-order valence-electron chi connectivity index (χ0n) is 24.8. The summed E-state index contributed by atoms with van der Waals surface area (Å²) in [4.78, 5) is 10.9. The van der Waals surface area contributed by atoms with Crippen LogP contribution in [0.3, 0.4) is 0 Å². The summed E-state index contributed by atoms with van der Waals surface area (Å²) in [5, 5.41) is 17.1. The monoisotopic (exact) mass is 607 g/mol. The van der Waals surface area contributed by atoms with Gasteiger partial charge >= 0.3 is 57.6 Å². The zero-order chi connectivity index (χ0) is 30.6. The molecule has 1 saturated heterocycles. The van der Waals surface area contributed by atoms with Crippen LogP contribution in [0.2, 0.25) is 0 Å². The number of nitrogens with two attached hydrogens (primary N) is 2. The van der Waals surface area contributed by atoms with Crippen molar-refractivity contribution < 1.29 is 69.4 Å². The van der Waals surface area contributed by atoms with Crippen LogP contribution < -0.4 is 62.9 Å². The summed E-state index contributed by atoms with van der Waals surface area (Å²) in [6.45, 7) is 7.08. The molecular weight excluding hydrogens is 570 g/mol. The number of amidine groups is 1. The van der Waals surface area contributed by atoms with Gasteiger partial charge in [-0.05, 0) is 88.2 Å². The van der Waals surface area contributed by atoms with Gasteiger partial charge in [0.1, 0.15) is 11.5 Å². The van der Waals surface area contributed by atoms with Gasteiger partial charge in [-0.3, -0.25) is 10.2 Å². The molecular formula is C30H37F3KN7O. The van der Waals surface area contributed by atoms with Crippen LogP contribution in [0.4, 0.5) is 19.0 Å². The van der Waals surface area contributed by atoms with E-state index in [0.717, 1.165) is 55.7 Å². The molecule has 0 saturated carbocycles. The van der Waals surface area contributed by atoms with Gasteiger partial charge in [0.15, 0.2) is 0 Å². The van der Waals surface area contributed by atoms with Gasteiger partial charge in [0.2, 0.25) is 6.41 Å². The van der Waals surface area contributed by atoms with E-state index < -0.39 is 11.7 Å². The number of hydrogen-bond donors (Lipinski definition) is 3. The van der Waals surface area contributed by atoms with Crippen LogP contribution in [0.25, 0.3) is 5.32 Å². The molecule has 2 aromatic carbocycles. The van der Waals surface area contributed by atoms with Gasteiger partial charge in [0.25, 0.3) is 0 Å². The summed E-state index contributed by atoms with van der Waals surface area (Å²) < 4.78 is 37.3. The fourth-order valence-electron chi connectivity index (χ4n) is 4.26. The summed E-state index contributed by atoms with van der Waals surface area (Å²) in [5.41, 5.74) is 13.8. The second kappa shape index (κ2) is 18.1. The van der Waals surface area contributed by atoms with Gasteiger partial charge in [-0.1, -0.05) is 55.4 Å². The molecule has 4 rings (SSSR count). The van der Waals surface area contributed by atoms with Gasteiger partial charge in [-0.25, -0.2) is 5.10 Å². The number of amides is 1. The number of carbonyl (C=O) groups is 1. The largest absolute Gasteiger partial charge is 1.00 e. The van der Waals surface area contributed by atoms with E-state index in [1.807, 2.05) is 11.6 Å². The minimum atomic E-state index is -4.21. The molecule has 0 radical (unpaired) electrons. The van der Waals surface area contributed by atoms with Crippen LogP contribution in [0, 0.1) is 37.0 Å². The second-order valence-corrected chi connectivity index (χ2v) is 9.68. The van der Waals surface area contributed by atoms with Crippen LogP contribution >= 0.6 is 0 Å². The third-order valence-corrected chi connectivity index (χ3v) is 6.49. The number of rotatable bonds is 4. The SMILES string of the molecule is C[N-]c1c(C(=N)N)c(C#Cc2cc(C)ccc2C)nn1CC1CCN(C)CC1.FC(F)(F)c1ccccc1.NC=O.[K+]. The van der Waals surface area contributed by atoms with E-state index >= 15 is 0 Å². The number of likely N-dealkylation sites (tertiary alicyclic amines) is 1. The first-order valence-corrected chi connectivity index (χ1v) is 13.0. The fraction of sp³-hybridized carbons (Fsp3) is 0.367. The number of nitrogens with one attached hydrogen (secondary N) is 1. The Morgan fingerprint density at radius 2 is 1.74 bits per heavy atom. The minimum absolute atomic E-state index is 0. The molecule has 0 atom stereocenters. The molecule has 0 aliphatic carbocycles. The number of benzene rings is 2. The molecule has 8 nitrogen and oxygen atoms in total. The molecule has 5 N–H and O–H groups in total. The van der Waals surface area contributed by atoms with Crippen molar-refractivity contribution >= 4 is 18.1 Å². The number of aromatic nitrogens is 2. The number of aryl methyl sites for hydroxylation is 2. The first-order valence-electron chi connectivity index (χ1n) is 13.0. The molecule has 0 unspecified atom stereocenters. The molecule has 1 amide bonds. The Labute approximate surface area is 288 Å². The summed E-state index contributed by atoms with van der Waals surface area (Å²) in [6, 6.07) is 12.6. The number of primary amides is 1. The Balaban J connectivity index is 0.000000526. The molecule has 42 heavy (non-hydrogen) atoms. The Morgan fingerprint density at radius 1 is 1.14 bits per heavy atom. The summed E-state index contributed by atoms with van der Waals surface area (Å²) in [7, 11) is 3.88. The van der Waals surface area contributed by atoms with Crippen molar-refractivity contribution in [3.63, 3.8) is 0 Å². The van der Waals surface area contributed by atoms with E-state index in [2.05, 4.69) is 60.0 Å². The Bertz CT molecular complexity index is 1360. The van der Waals surface area contributed by atoms with Gasteiger partial charge in [0.05, 0.1) is 11.1 Å². The first-order chi connectivity index (χ1) is 19.4. The van der Waals surface area contributed by atoms with Crippen molar-refractivity contribution in [3.8, 4) is 11.8 Å². The Hall–Kier alpha value is -2.66. The molecule has 220 valence electrons. The van der Waals surface area contributed by atoms with Crippen molar-refractivity contribution in [2.24, 2.45) is 17.4 Å².